The van der Waals surface area contributed by atoms with Gasteiger partial charge in [-0.25, -0.2) is 0 Å². The van der Waals surface area contributed by atoms with E-state index in [2.05, 4.69) is 94.6 Å². The summed E-state index contributed by atoms with van der Waals surface area (Å²) in [5, 5.41) is 5.24. The van der Waals surface area contributed by atoms with Crippen LogP contribution in [-0.4, -0.2) is 4.57 Å². The number of benzene rings is 4. The minimum absolute atomic E-state index is 0.0660. The van der Waals surface area contributed by atoms with E-state index in [1.54, 1.807) is 0 Å². The minimum atomic E-state index is 0.0660. The maximum Gasteiger partial charge on any atom is 0.160 e. The van der Waals surface area contributed by atoms with Crippen LogP contribution in [0.15, 0.2) is 77.2 Å². The molecule has 35 heavy (non-hydrogen) atoms. The second kappa shape index (κ2) is 7.38. The van der Waals surface area contributed by atoms with E-state index in [0.29, 0.717) is 5.02 Å². The fraction of sp³-hybridized carbons (Fsp3) is 0.250. The Bertz CT molecular complexity index is 1700. The summed E-state index contributed by atoms with van der Waals surface area (Å²) in [5.41, 5.74) is 7.80. The van der Waals surface area contributed by atoms with Gasteiger partial charge in [-0.3, -0.25) is 0 Å². The molecule has 3 heteroatoms. The maximum absolute atomic E-state index is 6.72. The van der Waals surface area contributed by atoms with Gasteiger partial charge in [0, 0.05) is 21.5 Å². The van der Waals surface area contributed by atoms with Crippen molar-refractivity contribution in [3.8, 4) is 5.69 Å². The molecule has 6 rings (SSSR count). The molecule has 2 heterocycles. The number of aromatic nitrogens is 1. The standard InChI is InChI=1S/C32H30ClNO/c1-31(2,3)19-11-14-25-22(17-19)23-18-20(32(4,5)6)12-15-26(23)34(25)27-16-13-24(33)29-21-9-7-8-10-28(21)35-30(27)29/h7-18H,1-6H3. The van der Waals surface area contributed by atoms with Crippen LogP contribution >= 0.6 is 11.6 Å². The predicted molar refractivity (Wildman–Crippen MR) is 150 cm³/mol. The number of halogens is 1. The molecule has 0 saturated carbocycles. The molecular weight excluding hydrogens is 450 g/mol. The minimum Gasteiger partial charge on any atom is -0.454 e. The van der Waals surface area contributed by atoms with Crippen molar-refractivity contribution >= 4 is 55.3 Å². The molecule has 0 bridgehead atoms. The molecule has 0 fully saturated rings. The number of rotatable bonds is 1. The van der Waals surface area contributed by atoms with E-state index in [9.17, 15) is 0 Å². The highest BCUT2D eigenvalue weighted by Crippen LogP contribution is 2.42. The fourth-order valence-corrected chi connectivity index (χ4v) is 5.42. The molecule has 0 amide bonds. The van der Waals surface area contributed by atoms with Gasteiger partial charge in [-0.15, -0.1) is 0 Å². The third-order valence-corrected chi connectivity index (χ3v) is 7.51. The van der Waals surface area contributed by atoms with Crippen LogP contribution in [-0.2, 0) is 10.8 Å². The number of fused-ring (bicyclic) bond motifs is 6. The van der Waals surface area contributed by atoms with Gasteiger partial charge < -0.3 is 8.98 Å². The van der Waals surface area contributed by atoms with E-state index in [-0.39, 0.29) is 10.8 Å². The van der Waals surface area contributed by atoms with Gasteiger partial charge >= 0.3 is 0 Å². The summed E-state index contributed by atoms with van der Waals surface area (Å²) in [6, 6.07) is 26.0. The second-order valence-corrected chi connectivity index (χ2v) is 12.1. The fourth-order valence-electron chi connectivity index (χ4n) is 5.17. The monoisotopic (exact) mass is 479 g/mol. The summed E-state index contributed by atoms with van der Waals surface area (Å²) < 4.78 is 8.77. The first-order chi connectivity index (χ1) is 16.5. The summed E-state index contributed by atoms with van der Waals surface area (Å²) in [5.74, 6) is 0. The van der Waals surface area contributed by atoms with Crippen molar-refractivity contribution < 1.29 is 4.42 Å². The van der Waals surface area contributed by atoms with Crippen LogP contribution in [0.1, 0.15) is 52.7 Å². The van der Waals surface area contributed by atoms with E-state index < -0.39 is 0 Å². The quantitative estimate of drug-likeness (QED) is 0.229. The Labute approximate surface area is 211 Å². The Hall–Kier alpha value is -3.23. The van der Waals surface area contributed by atoms with E-state index >= 15 is 0 Å². The number of nitrogens with zero attached hydrogens (tertiary/aromatic N) is 1. The van der Waals surface area contributed by atoms with E-state index in [1.807, 2.05) is 24.3 Å². The van der Waals surface area contributed by atoms with Crippen LogP contribution in [0.2, 0.25) is 5.02 Å². The zero-order chi connectivity index (χ0) is 24.7. The van der Waals surface area contributed by atoms with Gasteiger partial charge in [0.15, 0.2) is 5.58 Å². The van der Waals surface area contributed by atoms with Gasteiger partial charge in [-0.2, -0.15) is 0 Å². The third-order valence-electron chi connectivity index (χ3n) is 7.19. The zero-order valence-electron chi connectivity index (χ0n) is 21.2. The van der Waals surface area contributed by atoms with Gasteiger partial charge in [-0.1, -0.05) is 83.5 Å². The second-order valence-electron chi connectivity index (χ2n) is 11.7. The highest BCUT2D eigenvalue weighted by Gasteiger charge is 2.23. The third kappa shape index (κ3) is 3.38. The van der Waals surface area contributed by atoms with Crippen molar-refractivity contribution in [2.24, 2.45) is 0 Å². The smallest absolute Gasteiger partial charge is 0.160 e. The number of furan rings is 1. The molecule has 176 valence electrons. The molecule has 0 aliphatic heterocycles. The Morgan fingerprint density at radius 3 is 1.80 bits per heavy atom. The van der Waals surface area contributed by atoms with E-state index in [1.165, 1.54) is 32.9 Å². The molecule has 6 aromatic rings. The Kier molecular flexibility index (Phi) is 4.69. The summed E-state index contributed by atoms with van der Waals surface area (Å²) in [6.45, 7) is 13.6. The van der Waals surface area contributed by atoms with E-state index in [0.717, 1.165) is 27.6 Å². The largest absolute Gasteiger partial charge is 0.454 e. The van der Waals surface area contributed by atoms with Gasteiger partial charge in [0.1, 0.15) is 5.58 Å². The molecule has 0 unspecified atom stereocenters. The van der Waals surface area contributed by atoms with Crippen LogP contribution in [0.5, 0.6) is 0 Å². The van der Waals surface area contributed by atoms with Gasteiger partial charge in [0.25, 0.3) is 0 Å². The molecule has 2 aromatic heterocycles. The van der Waals surface area contributed by atoms with Crippen molar-refractivity contribution in [1.29, 1.82) is 0 Å². The lowest BCUT2D eigenvalue weighted by Gasteiger charge is -2.19. The van der Waals surface area contributed by atoms with Crippen molar-refractivity contribution in [2.75, 3.05) is 0 Å². The molecule has 0 aliphatic rings. The first-order valence-electron chi connectivity index (χ1n) is 12.2. The Morgan fingerprint density at radius 1 is 0.657 bits per heavy atom. The average Bonchev–Trinajstić information content (AvgIpc) is 3.34. The maximum atomic E-state index is 6.72. The van der Waals surface area contributed by atoms with Crippen molar-refractivity contribution in [3.63, 3.8) is 0 Å². The van der Waals surface area contributed by atoms with Gasteiger partial charge in [0.05, 0.1) is 21.7 Å². The highest BCUT2D eigenvalue weighted by atomic mass is 35.5. The molecule has 0 saturated heterocycles. The lowest BCUT2D eigenvalue weighted by molar-refractivity contribution is 0.590. The molecule has 4 aromatic carbocycles. The molecule has 0 radical (unpaired) electrons. The summed E-state index contributed by atoms with van der Waals surface area (Å²) >= 11 is 6.72. The van der Waals surface area contributed by atoms with Gasteiger partial charge in [-0.05, 0) is 64.4 Å². The number of hydrogen-bond donors (Lipinski definition) is 0. The summed E-state index contributed by atoms with van der Waals surface area (Å²) in [4.78, 5) is 0. The van der Waals surface area contributed by atoms with Crippen LogP contribution in [0.4, 0.5) is 0 Å². The normalized spacial score (nSPS) is 13.0. The lowest BCUT2D eigenvalue weighted by Crippen LogP contribution is -2.10. The highest BCUT2D eigenvalue weighted by molar-refractivity contribution is 6.38. The molecular formula is C32H30ClNO. The number of para-hydroxylation sites is 1. The number of hydrogen-bond acceptors (Lipinski definition) is 1. The Morgan fingerprint density at radius 2 is 1.23 bits per heavy atom. The SMILES string of the molecule is CC(C)(C)c1ccc2c(c1)c1cc(C(C)(C)C)ccc1n2-c1ccc(Cl)c2c1oc1ccccc12. The average molecular weight is 480 g/mol. The topological polar surface area (TPSA) is 18.1 Å². The summed E-state index contributed by atoms with van der Waals surface area (Å²) in [6.07, 6.45) is 0. The molecule has 2 nitrogen and oxygen atoms in total. The van der Waals surface area contributed by atoms with Crippen molar-refractivity contribution in [3.05, 3.63) is 88.9 Å². The molecule has 0 aliphatic carbocycles. The van der Waals surface area contributed by atoms with Crippen LogP contribution in [0.3, 0.4) is 0 Å². The Balaban J connectivity index is 1.77. The predicted octanol–water partition coefficient (Wildman–Crippen LogP) is 9.93. The molecule has 0 N–H and O–H groups in total. The molecule has 0 atom stereocenters. The zero-order valence-corrected chi connectivity index (χ0v) is 21.9. The van der Waals surface area contributed by atoms with E-state index in [4.69, 9.17) is 16.0 Å². The van der Waals surface area contributed by atoms with Crippen LogP contribution in [0, 0.1) is 0 Å². The van der Waals surface area contributed by atoms with Crippen LogP contribution in [0.25, 0.3) is 49.4 Å². The first-order valence-corrected chi connectivity index (χ1v) is 12.6. The van der Waals surface area contributed by atoms with Crippen molar-refractivity contribution in [1.82, 2.24) is 4.57 Å². The van der Waals surface area contributed by atoms with Crippen LogP contribution < -0.4 is 0 Å². The van der Waals surface area contributed by atoms with Gasteiger partial charge in [0.2, 0.25) is 0 Å². The summed E-state index contributed by atoms with van der Waals surface area (Å²) in [7, 11) is 0. The first kappa shape index (κ1) is 22.2. The molecule has 0 spiro atoms. The van der Waals surface area contributed by atoms with Crippen molar-refractivity contribution in [2.45, 2.75) is 52.4 Å². The lowest BCUT2D eigenvalue weighted by atomic mass is 9.85.